The monoisotopic (exact) mass is 587 g/mol. The Hall–Kier alpha value is -3.80. The third-order valence-corrected chi connectivity index (χ3v) is 5.43. The van der Waals surface area contributed by atoms with E-state index >= 15 is 0 Å². The van der Waals surface area contributed by atoms with Crippen molar-refractivity contribution in [2.45, 2.75) is 32.0 Å². The highest BCUT2D eigenvalue weighted by Crippen LogP contribution is 2.21. The van der Waals surface area contributed by atoms with Crippen molar-refractivity contribution in [1.82, 2.24) is 24.4 Å². The Balaban J connectivity index is 0.000000317. The topological polar surface area (TPSA) is 131 Å². The predicted molar refractivity (Wildman–Crippen MR) is 119 cm³/mol. The van der Waals surface area contributed by atoms with Gasteiger partial charge in [0.2, 0.25) is 5.88 Å². The molecule has 1 aliphatic rings. The number of imidazole rings is 1. The Morgan fingerprint density at radius 3 is 2.23 bits per heavy atom. The molecule has 10 nitrogen and oxygen atoms in total. The number of fused-ring (bicyclic) bond motifs is 1. The van der Waals surface area contributed by atoms with Crippen LogP contribution < -0.4 is 4.74 Å². The zero-order valence-corrected chi connectivity index (χ0v) is 20.4. The highest BCUT2D eigenvalue weighted by molar-refractivity contribution is 7.09. The fraction of sp³-hybridized carbons (Fsp3) is 0.381. The van der Waals surface area contributed by atoms with Crippen LogP contribution in [-0.2, 0) is 29.2 Å². The number of aliphatic carboxylic acids is 2. The van der Waals surface area contributed by atoms with Crippen LogP contribution in [-0.4, -0.2) is 72.1 Å². The Morgan fingerprint density at radius 1 is 1.05 bits per heavy atom. The first-order valence-electron chi connectivity index (χ1n) is 10.6. The van der Waals surface area contributed by atoms with Crippen molar-refractivity contribution < 1.29 is 55.3 Å². The molecule has 3 aromatic rings. The summed E-state index contributed by atoms with van der Waals surface area (Å²) in [7, 11) is 0. The number of carboxylic acids is 2. The van der Waals surface area contributed by atoms with Crippen LogP contribution in [0, 0.1) is 11.7 Å². The maximum absolute atomic E-state index is 13.7. The summed E-state index contributed by atoms with van der Waals surface area (Å²) in [6.45, 7) is 3.64. The van der Waals surface area contributed by atoms with Gasteiger partial charge in [-0.1, -0.05) is 0 Å². The lowest BCUT2D eigenvalue weighted by molar-refractivity contribution is -0.193. The van der Waals surface area contributed by atoms with Crippen molar-refractivity contribution in [2.24, 2.45) is 5.92 Å². The standard InChI is InChI=1S/C17H18FN5OS.2C2HF3O2/c18-15-2-1-3-21-17(15)24-11-13-7-22(10-16-20-4-5-25-16)9-14-6-19-12-23(14)8-13;2*3-2(4,5)1(6)7/h1-6,12-13H,7-11H2;2*(H,6,7). The minimum Gasteiger partial charge on any atom is -0.475 e. The lowest BCUT2D eigenvalue weighted by Crippen LogP contribution is -2.30. The van der Waals surface area contributed by atoms with E-state index in [0.717, 1.165) is 31.2 Å². The van der Waals surface area contributed by atoms with E-state index in [1.807, 2.05) is 24.1 Å². The summed E-state index contributed by atoms with van der Waals surface area (Å²) in [4.78, 5) is 32.7. The molecule has 1 unspecified atom stereocenters. The second kappa shape index (κ2) is 13.8. The van der Waals surface area contributed by atoms with Crippen LogP contribution in [0.2, 0.25) is 0 Å². The molecule has 214 valence electrons. The van der Waals surface area contributed by atoms with Crippen LogP contribution in [0.3, 0.4) is 0 Å². The van der Waals surface area contributed by atoms with E-state index in [9.17, 15) is 30.7 Å². The molecular weight excluding hydrogens is 567 g/mol. The second-order valence-corrected chi connectivity index (χ2v) is 8.69. The molecule has 18 heteroatoms. The highest BCUT2D eigenvalue weighted by atomic mass is 32.1. The Labute approximate surface area is 219 Å². The van der Waals surface area contributed by atoms with Crippen molar-refractivity contribution >= 4 is 23.3 Å². The Morgan fingerprint density at radius 2 is 1.69 bits per heavy atom. The molecule has 39 heavy (non-hydrogen) atoms. The first-order chi connectivity index (χ1) is 18.2. The van der Waals surface area contributed by atoms with E-state index in [-0.39, 0.29) is 11.8 Å². The molecule has 1 aliphatic heterocycles. The summed E-state index contributed by atoms with van der Waals surface area (Å²) in [5.74, 6) is -5.68. The number of carbonyl (C=O) groups is 2. The number of hydrogen-bond acceptors (Lipinski definition) is 8. The third-order valence-electron chi connectivity index (χ3n) is 4.66. The minimum absolute atomic E-state index is 0.0593. The normalized spacial score (nSPS) is 15.5. The van der Waals surface area contributed by atoms with Gasteiger partial charge < -0.3 is 19.5 Å². The minimum atomic E-state index is -5.08. The van der Waals surface area contributed by atoms with Crippen molar-refractivity contribution in [3.63, 3.8) is 0 Å². The number of thiazole rings is 1. The quantitative estimate of drug-likeness (QED) is 0.428. The molecule has 0 amide bonds. The number of ether oxygens (including phenoxy) is 1. The smallest absolute Gasteiger partial charge is 0.475 e. The molecule has 1 atom stereocenters. The molecule has 0 saturated heterocycles. The van der Waals surface area contributed by atoms with Gasteiger partial charge in [-0.15, -0.1) is 11.3 Å². The van der Waals surface area contributed by atoms with E-state index in [4.69, 9.17) is 24.5 Å². The van der Waals surface area contributed by atoms with Gasteiger partial charge in [-0.2, -0.15) is 26.3 Å². The third kappa shape index (κ3) is 10.8. The van der Waals surface area contributed by atoms with Crippen LogP contribution in [0.4, 0.5) is 30.7 Å². The number of alkyl halides is 6. The number of aromatic nitrogens is 4. The largest absolute Gasteiger partial charge is 0.490 e. The Kier molecular flexibility index (Phi) is 11.1. The summed E-state index contributed by atoms with van der Waals surface area (Å²) in [6.07, 6.45) is -3.06. The molecule has 0 fully saturated rings. The molecule has 0 bridgehead atoms. The van der Waals surface area contributed by atoms with Gasteiger partial charge in [0.05, 0.1) is 25.2 Å². The summed E-state index contributed by atoms with van der Waals surface area (Å²) in [6, 6.07) is 2.92. The molecule has 4 rings (SSSR count). The maximum atomic E-state index is 13.7. The van der Waals surface area contributed by atoms with Crippen LogP contribution in [0.25, 0.3) is 0 Å². The van der Waals surface area contributed by atoms with Gasteiger partial charge in [-0.25, -0.2) is 28.9 Å². The number of nitrogens with zero attached hydrogens (tertiary/aromatic N) is 5. The van der Waals surface area contributed by atoms with Crippen molar-refractivity contribution in [3.8, 4) is 5.88 Å². The fourth-order valence-corrected chi connectivity index (χ4v) is 3.72. The molecule has 0 radical (unpaired) electrons. The lowest BCUT2D eigenvalue weighted by Gasteiger charge is -2.23. The molecule has 0 aliphatic carbocycles. The predicted octanol–water partition coefficient (Wildman–Crippen LogP) is 3.85. The van der Waals surface area contributed by atoms with Crippen LogP contribution in [0.5, 0.6) is 5.88 Å². The first-order valence-corrected chi connectivity index (χ1v) is 11.5. The highest BCUT2D eigenvalue weighted by Gasteiger charge is 2.38. The molecule has 0 aromatic carbocycles. The number of carboxylic acid groups (broad SMARTS) is 2. The fourth-order valence-electron chi connectivity index (χ4n) is 3.06. The average Bonchev–Trinajstić information content (AvgIpc) is 3.47. The zero-order chi connectivity index (χ0) is 29.2. The average molecular weight is 587 g/mol. The van der Waals surface area contributed by atoms with E-state index in [0.29, 0.717) is 6.61 Å². The molecule has 2 N–H and O–H groups in total. The first kappa shape index (κ1) is 31.4. The van der Waals surface area contributed by atoms with Gasteiger partial charge in [-0.05, 0) is 12.1 Å². The van der Waals surface area contributed by atoms with E-state index in [1.165, 1.54) is 18.0 Å². The van der Waals surface area contributed by atoms with Crippen molar-refractivity contribution in [1.29, 1.82) is 0 Å². The number of rotatable bonds is 5. The maximum Gasteiger partial charge on any atom is 0.490 e. The molecular formula is C21H20F7N5O5S. The van der Waals surface area contributed by atoms with Gasteiger partial charge in [0.15, 0.2) is 5.82 Å². The van der Waals surface area contributed by atoms with Gasteiger partial charge in [0.1, 0.15) is 5.01 Å². The van der Waals surface area contributed by atoms with E-state index < -0.39 is 30.1 Å². The Bertz CT molecular complexity index is 1180. The number of halogens is 7. The number of pyridine rings is 1. The molecule has 4 heterocycles. The molecule has 3 aromatic heterocycles. The molecule has 0 saturated carbocycles. The summed E-state index contributed by atoms with van der Waals surface area (Å²) >= 11 is 1.65. The van der Waals surface area contributed by atoms with E-state index in [2.05, 4.69) is 24.4 Å². The van der Waals surface area contributed by atoms with Crippen molar-refractivity contribution in [3.05, 3.63) is 58.9 Å². The second-order valence-electron chi connectivity index (χ2n) is 7.71. The zero-order valence-electron chi connectivity index (χ0n) is 19.6. The SMILES string of the molecule is Fc1cccnc1OCC1CN(Cc2nccs2)Cc2cncn2C1.O=C(O)C(F)(F)F.O=C(O)C(F)(F)F. The summed E-state index contributed by atoms with van der Waals surface area (Å²) in [5, 5.41) is 17.3. The van der Waals surface area contributed by atoms with Crippen LogP contribution in [0.15, 0.2) is 42.4 Å². The van der Waals surface area contributed by atoms with Gasteiger partial charge in [-0.3, -0.25) is 4.90 Å². The van der Waals surface area contributed by atoms with Crippen LogP contribution in [0.1, 0.15) is 10.7 Å². The molecule has 0 spiro atoms. The summed E-state index contributed by atoms with van der Waals surface area (Å²) < 4.78 is 85.0. The van der Waals surface area contributed by atoms with E-state index in [1.54, 1.807) is 17.4 Å². The number of hydrogen-bond donors (Lipinski definition) is 2. The van der Waals surface area contributed by atoms with Gasteiger partial charge in [0, 0.05) is 49.5 Å². The van der Waals surface area contributed by atoms with Gasteiger partial charge >= 0.3 is 24.3 Å². The summed E-state index contributed by atoms with van der Waals surface area (Å²) in [5.41, 5.74) is 1.17. The van der Waals surface area contributed by atoms with Crippen molar-refractivity contribution in [2.75, 3.05) is 13.2 Å². The van der Waals surface area contributed by atoms with Crippen LogP contribution >= 0.6 is 11.3 Å². The van der Waals surface area contributed by atoms with Gasteiger partial charge in [0.25, 0.3) is 0 Å². The lowest BCUT2D eigenvalue weighted by atomic mass is 10.1.